The van der Waals surface area contributed by atoms with E-state index in [0.717, 1.165) is 33.9 Å². The number of pyridine rings is 2. The number of nitrogens with zero attached hydrogens (tertiary/aromatic N) is 2. The average Bonchev–Trinajstić information content (AvgIpc) is 3.32. The van der Waals surface area contributed by atoms with Gasteiger partial charge in [0.2, 0.25) is 5.91 Å². The summed E-state index contributed by atoms with van der Waals surface area (Å²) in [6, 6.07) is 7.84. The van der Waals surface area contributed by atoms with Gasteiger partial charge in [0.25, 0.3) is 0 Å². The number of hydrogen-bond donors (Lipinski definition) is 1. The van der Waals surface area contributed by atoms with Gasteiger partial charge in [0.15, 0.2) is 0 Å². The van der Waals surface area contributed by atoms with Crippen LogP contribution in [0, 0.1) is 18.8 Å². The SMILES string of the molecule is Cc1ccncc1-c1cc(Cl)c2cnc(NC(=O)C3CC3C)cc2c1. The lowest BCUT2D eigenvalue weighted by Gasteiger charge is -2.10. The first-order valence-electron chi connectivity index (χ1n) is 8.34. The van der Waals surface area contributed by atoms with Gasteiger partial charge in [-0.3, -0.25) is 9.78 Å². The second kappa shape index (κ2) is 6.12. The summed E-state index contributed by atoms with van der Waals surface area (Å²) in [6.07, 6.45) is 6.28. The number of rotatable bonds is 3. The highest BCUT2D eigenvalue weighted by Gasteiger charge is 2.39. The van der Waals surface area contributed by atoms with Gasteiger partial charge < -0.3 is 5.32 Å². The molecule has 2 unspecified atom stereocenters. The quantitative estimate of drug-likeness (QED) is 0.733. The standard InChI is InChI=1S/C20H18ClN3O/c1-11-3-4-22-9-16(11)13-6-14-8-19(23-10-17(14)18(21)7-13)24-20(25)15-5-12(15)2/h3-4,6-10,12,15H,5H2,1-2H3,(H,23,24,25). The molecule has 1 aliphatic rings. The van der Waals surface area contributed by atoms with E-state index < -0.39 is 0 Å². The minimum atomic E-state index is 0.0460. The van der Waals surface area contributed by atoms with Crippen LogP contribution in [0.2, 0.25) is 5.02 Å². The summed E-state index contributed by atoms with van der Waals surface area (Å²) >= 11 is 6.45. The molecule has 0 bridgehead atoms. The fourth-order valence-electron chi connectivity index (χ4n) is 3.11. The molecule has 0 radical (unpaired) electrons. The molecule has 5 heteroatoms. The van der Waals surface area contributed by atoms with Gasteiger partial charge in [-0.25, -0.2) is 4.98 Å². The van der Waals surface area contributed by atoms with Crippen molar-refractivity contribution in [2.75, 3.05) is 5.32 Å². The largest absolute Gasteiger partial charge is 0.310 e. The maximum atomic E-state index is 12.1. The Hall–Kier alpha value is -2.46. The average molecular weight is 352 g/mol. The lowest BCUT2D eigenvalue weighted by molar-refractivity contribution is -0.117. The molecule has 4 nitrogen and oxygen atoms in total. The summed E-state index contributed by atoms with van der Waals surface area (Å²) in [7, 11) is 0. The Morgan fingerprint density at radius 2 is 2.08 bits per heavy atom. The van der Waals surface area contributed by atoms with Gasteiger partial charge in [0.1, 0.15) is 5.82 Å². The molecule has 1 N–H and O–H groups in total. The van der Waals surface area contributed by atoms with Crippen molar-refractivity contribution in [2.45, 2.75) is 20.3 Å². The van der Waals surface area contributed by atoms with Crippen molar-refractivity contribution in [2.24, 2.45) is 11.8 Å². The molecule has 0 spiro atoms. The van der Waals surface area contributed by atoms with Gasteiger partial charge in [-0.15, -0.1) is 0 Å². The summed E-state index contributed by atoms with van der Waals surface area (Å²) in [4.78, 5) is 20.7. The fourth-order valence-corrected chi connectivity index (χ4v) is 3.39. The Morgan fingerprint density at radius 1 is 1.28 bits per heavy atom. The van der Waals surface area contributed by atoms with E-state index in [9.17, 15) is 4.79 Å². The van der Waals surface area contributed by atoms with Crippen molar-refractivity contribution >= 4 is 34.1 Å². The first-order chi connectivity index (χ1) is 12.0. The van der Waals surface area contributed by atoms with E-state index in [1.165, 1.54) is 0 Å². The zero-order valence-electron chi connectivity index (χ0n) is 14.1. The van der Waals surface area contributed by atoms with E-state index in [0.29, 0.717) is 16.8 Å². The number of carbonyl (C=O) groups excluding carboxylic acids is 1. The van der Waals surface area contributed by atoms with Gasteiger partial charge in [-0.1, -0.05) is 18.5 Å². The summed E-state index contributed by atoms with van der Waals surface area (Å²) in [6.45, 7) is 4.13. The van der Waals surface area contributed by atoms with Crippen LogP contribution in [0.25, 0.3) is 21.9 Å². The van der Waals surface area contributed by atoms with Crippen molar-refractivity contribution in [3.05, 3.63) is 53.4 Å². The molecular formula is C20H18ClN3O. The van der Waals surface area contributed by atoms with Crippen molar-refractivity contribution < 1.29 is 4.79 Å². The number of amides is 1. The molecule has 1 aromatic carbocycles. The predicted molar refractivity (Wildman–Crippen MR) is 101 cm³/mol. The highest BCUT2D eigenvalue weighted by Crippen LogP contribution is 2.38. The number of aryl methyl sites for hydroxylation is 1. The molecule has 0 saturated heterocycles. The zero-order valence-corrected chi connectivity index (χ0v) is 14.8. The Morgan fingerprint density at radius 3 is 2.80 bits per heavy atom. The molecule has 1 fully saturated rings. The predicted octanol–water partition coefficient (Wildman–Crippen LogP) is 4.85. The minimum absolute atomic E-state index is 0.0460. The highest BCUT2D eigenvalue weighted by molar-refractivity contribution is 6.36. The van der Waals surface area contributed by atoms with Gasteiger partial charge in [-0.05, 0) is 60.0 Å². The Balaban J connectivity index is 1.73. The molecule has 0 aliphatic heterocycles. The number of hydrogen-bond acceptors (Lipinski definition) is 3. The number of anilines is 1. The second-order valence-electron chi connectivity index (χ2n) is 6.75. The van der Waals surface area contributed by atoms with Crippen LogP contribution in [0.4, 0.5) is 5.82 Å². The number of aromatic nitrogens is 2. The molecule has 1 aliphatic carbocycles. The first-order valence-corrected chi connectivity index (χ1v) is 8.72. The highest BCUT2D eigenvalue weighted by atomic mass is 35.5. The van der Waals surface area contributed by atoms with E-state index in [1.54, 1.807) is 12.4 Å². The third-order valence-corrected chi connectivity index (χ3v) is 5.15. The van der Waals surface area contributed by atoms with Crippen molar-refractivity contribution in [1.82, 2.24) is 9.97 Å². The maximum Gasteiger partial charge on any atom is 0.228 e. The number of fused-ring (bicyclic) bond motifs is 1. The second-order valence-corrected chi connectivity index (χ2v) is 7.16. The molecule has 126 valence electrons. The van der Waals surface area contributed by atoms with Crippen LogP contribution in [-0.4, -0.2) is 15.9 Å². The number of halogens is 1. The number of nitrogens with one attached hydrogen (secondary N) is 1. The normalized spacial score (nSPS) is 19.0. The van der Waals surface area contributed by atoms with Crippen LogP contribution in [0.5, 0.6) is 0 Å². The summed E-state index contributed by atoms with van der Waals surface area (Å²) in [5.74, 6) is 1.19. The third-order valence-electron chi connectivity index (χ3n) is 4.83. The maximum absolute atomic E-state index is 12.1. The van der Waals surface area contributed by atoms with Gasteiger partial charge in [-0.2, -0.15) is 0 Å². The summed E-state index contributed by atoms with van der Waals surface area (Å²) in [5.41, 5.74) is 3.18. The zero-order chi connectivity index (χ0) is 17.6. The summed E-state index contributed by atoms with van der Waals surface area (Å²) in [5, 5.41) is 5.36. The molecule has 2 heterocycles. The number of benzene rings is 1. The van der Waals surface area contributed by atoms with E-state index >= 15 is 0 Å². The molecule has 25 heavy (non-hydrogen) atoms. The van der Waals surface area contributed by atoms with E-state index in [1.807, 2.05) is 31.3 Å². The monoisotopic (exact) mass is 351 g/mol. The molecule has 4 rings (SSSR count). The van der Waals surface area contributed by atoms with Crippen molar-refractivity contribution in [1.29, 1.82) is 0 Å². The molecule has 2 aromatic heterocycles. The Bertz CT molecular complexity index is 986. The fraction of sp³-hybridized carbons (Fsp3) is 0.250. The van der Waals surface area contributed by atoms with E-state index in [2.05, 4.69) is 28.3 Å². The van der Waals surface area contributed by atoms with Crippen molar-refractivity contribution in [3.8, 4) is 11.1 Å². The summed E-state index contributed by atoms with van der Waals surface area (Å²) < 4.78 is 0. The Kier molecular flexibility index (Phi) is 3.92. The molecule has 3 aromatic rings. The van der Waals surface area contributed by atoms with Crippen LogP contribution in [0.15, 0.2) is 42.9 Å². The van der Waals surface area contributed by atoms with Crippen LogP contribution < -0.4 is 5.32 Å². The Labute approximate surface area is 151 Å². The van der Waals surface area contributed by atoms with Crippen LogP contribution in [0.1, 0.15) is 18.9 Å². The lowest BCUT2D eigenvalue weighted by atomic mass is 10.0. The molecule has 2 atom stereocenters. The van der Waals surface area contributed by atoms with E-state index in [4.69, 9.17) is 11.6 Å². The van der Waals surface area contributed by atoms with Crippen LogP contribution >= 0.6 is 11.6 Å². The topological polar surface area (TPSA) is 54.9 Å². The van der Waals surface area contributed by atoms with Gasteiger partial charge in [0, 0.05) is 35.5 Å². The number of carbonyl (C=O) groups is 1. The van der Waals surface area contributed by atoms with Gasteiger partial charge >= 0.3 is 0 Å². The molecule has 1 saturated carbocycles. The first kappa shape index (κ1) is 16.0. The smallest absolute Gasteiger partial charge is 0.228 e. The third kappa shape index (κ3) is 3.10. The lowest BCUT2D eigenvalue weighted by Crippen LogP contribution is -2.15. The molecule has 1 amide bonds. The van der Waals surface area contributed by atoms with Crippen LogP contribution in [0.3, 0.4) is 0 Å². The van der Waals surface area contributed by atoms with Crippen LogP contribution in [-0.2, 0) is 4.79 Å². The molecular weight excluding hydrogens is 334 g/mol. The minimum Gasteiger partial charge on any atom is -0.310 e. The van der Waals surface area contributed by atoms with Crippen molar-refractivity contribution in [3.63, 3.8) is 0 Å². The van der Waals surface area contributed by atoms with Gasteiger partial charge in [0.05, 0.1) is 5.02 Å². The van der Waals surface area contributed by atoms with E-state index in [-0.39, 0.29) is 11.8 Å².